The van der Waals surface area contributed by atoms with Crippen LogP contribution in [0.5, 0.6) is 5.75 Å². The fourth-order valence-electron chi connectivity index (χ4n) is 4.21. The summed E-state index contributed by atoms with van der Waals surface area (Å²) in [7, 11) is 0. The molecule has 8 heteroatoms. The van der Waals surface area contributed by atoms with Crippen molar-refractivity contribution in [1.82, 2.24) is 10.6 Å². The fraction of sp³-hybridized carbons (Fsp3) is 0.480. The number of ether oxygens (including phenoxy) is 1. The third-order valence-corrected chi connectivity index (χ3v) is 5.57. The number of nitrogens with one attached hydrogen (secondary N) is 2. The van der Waals surface area contributed by atoms with Crippen molar-refractivity contribution in [3.63, 3.8) is 0 Å². The molecule has 180 valence electrons. The molecule has 1 heterocycles. The van der Waals surface area contributed by atoms with Crippen LogP contribution in [0, 0.1) is 17.0 Å². The van der Waals surface area contributed by atoms with Gasteiger partial charge in [-0.2, -0.15) is 0 Å². The van der Waals surface area contributed by atoms with Crippen molar-refractivity contribution in [3.8, 4) is 5.75 Å². The molecule has 33 heavy (non-hydrogen) atoms. The first-order valence-electron chi connectivity index (χ1n) is 11.1. The van der Waals surface area contributed by atoms with Gasteiger partial charge in [0.25, 0.3) is 0 Å². The molecule has 6 nitrogen and oxygen atoms in total. The Balaban J connectivity index is 1.70. The summed E-state index contributed by atoms with van der Waals surface area (Å²) < 4.78 is 32.9. The molecule has 0 radical (unpaired) electrons. The Morgan fingerprint density at radius 2 is 1.85 bits per heavy atom. The van der Waals surface area contributed by atoms with Gasteiger partial charge in [0.15, 0.2) is 0 Å². The van der Waals surface area contributed by atoms with Crippen LogP contribution in [0.4, 0.5) is 13.6 Å². The van der Waals surface area contributed by atoms with Gasteiger partial charge in [0, 0.05) is 30.6 Å². The standard InChI is InChI=1S/C25H32F2N2O4/c1-25(2,3)13-15-4-5-23-19(10-15)20(6-7-33-23)28-14-22(30)21(29-24(31)32)11-16-8-17(26)12-18(27)9-16/h4-5,8-10,12,20-22,28-30H,6-7,11,13-14H2,1-3H3,(H,31,32)/t20?,21-,22+/m0/s1. The molecule has 0 saturated heterocycles. The molecule has 4 N–H and O–H groups in total. The zero-order chi connectivity index (χ0) is 24.2. The molecule has 1 aliphatic rings. The average molecular weight is 463 g/mol. The maximum atomic E-state index is 13.5. The van der Waals surface area contributed by atoms with E-state index in [0.717, 1.165) is 35.9 Å². The summed E-state index contributed by atoms with van der Waals surface area (Å²) in [5.41, 5.74) is 2.59. The van der Waals surface area contributed by atoms with Crippen LogP contribution in [0.2, 0.25) is 0 Å². The van der Waals surface area contributed by atoms with Crippen molar-refractivity contribution in [2.45, 2.75) is 58.2 Å². The lowest BCUT2D eigenvalue weighted by Gasteiger charge is -2.30. The number of amides is 1. The van der Waals surface area contributed by atoms with Crippen LogP contribution in [0.15, 0.2) is 36.4 Å². The van der Waals surface area contributed by atoms with Gasteiger partial charge < -0.3 is 25.6 Å². The summed E-state index contributed by atoms with van der Waals surface area (Å²) in [6, 6.07) is 8.14. The van der Waals surface area contributed by atoms with Crippen molar-refractivity contribution in [1.29, 1.82) is 0 Å². The third-order valence-electron chi connectivity index (χ3n) is 5.57. The zero-order valence-electron chi connectivity index (χ0n) is 19.2. The Hall–Kier alpha value is -2.71. The highest BCUT2D eigenvalue weighted by Crippen LogP contribution is 2.34. The molecule has 1 unspecified atom stereocenters. The van der Waals surface area contributed by atoms with E-state index in [-0.39, 0.29) is 30.0 Å². The Labute approximate surface area is 193 Å². The van der Waals surface area contributed by atoms with Crippen molar-refractivity contribution in [2.75, 3.05) is 13.2 Å². The number of carboxylic acid groups (broad SMARTS) is 1. The van der Waals surface area contributed by atoms with E-state index in [4.69, 9.17) is 4.74 Å². The summed E-state index contributed by atoms with van der Waals surface area (Å²) in [6.07, 6.45) is -0.880. The minimum atomic E-state index is -1.32. The monoisotopic (exact) mass is 462 g/mol. The smallest absolute Gasteiger partial charge is 0.404 e. The zero-order valence-corrected chi connectivity index (χ0v) is 19.2. The SMILES string of the molecule is CC(C)(C)Cc1ccc2c(c1)C(NC[C@@H](O)[C@H](Cc1cc(F)cc(F)c1)NC(=O)O)CCO2. The van der Waals surface area contributed by atoms with Gasteiger partial charge in [-0.05, 0) is 47.6 Å². The molecule has 0 bridgehead atoms. The van der Waals surface area contributed by atoms with Crippen LogP contribution in [-0.2, 0) is 12.8 Å². The molecular weight excluding hydrogens is 430 g/mol. The van der Waals surface area contributed by atoms with E-state index in [1.807, 2.05) is 6.07 Å². The number of hydrogen-bond donors (Lipinski definition) is 4. The molecule has 1 amide bonds. The molecule has 0 spiro atoms. The van der Waals surface area contributed by atoms with Crippen LogP contribution in [0.25, 0.3) is 0 Å². The number of aliphatic hydroxyl groups excluding tert-OH is 1. The molecule has 3 rings (SSSR count). The average Bonchev–Trinajstić information content (AvgIpc) is 2.69. The number of rotatable bonds is 8. The lowest BCUT2D eigenvalue weighted by atomic mass is 9.86. The third kappa shape index (κ3) is 7.40. The van der Waals surface area contributed by atoms with Crippen molar-refractivity contribution >= 4 is 6.09 Å². The van der Waals surface area contributed by atoms with Crippen LogP contribution in [0.1, 0.15) is 49.9 Å². The topological polar surface area (TPSA) is 90.8 Å². The molecule has 0 aliphatic carbocycles. The summed E-state index contributed by atoms with van der Waals surface area (Å²) in [5, 5.41) is 25.5. The van der Waals surface area contributed by atoms with Gasteiger partial charge in [-0.1, -0.05) is 32.9 Å². The summed E-state index contributed by atoms with van der Waals surface area (Å²) in [4.78, 5) is 11.3. The van der Waals surface area contributed by atoms with Gasteiger partial charge >= 0.3 is 6.09 Å². The number of halogens is 2. The second-order valence-corrected chi connectivity index (χ2v) is 9.81. The first kappa shape index (κ1) is 24.9. The van der Waals surface area contributed by atoms with E-state index in [9.17, 15) is 23.8 Å². The van der Waals surface area contributed by atoms with E-state index in [2.05, 4.69) is 43.5 Å². The van der Waals surface area contributed by atoms with Gasteiger partial charge in [-0.3, -0.25) is 0 Å². The van der Waals surface area contributed by atoms with Crippen molar-refractivity contribution in [3.05, 3.63) is 64.7 Å². The highest BCUT2D eigenvalue weighted by molar-refractivity contribution is 5.65. The number of carbonyl (C=O) groups is 1. The lowest BCUT2D eigenvalue weighted by Crippen LogP contribution is -2.49. The van der Waals surface area contributed by atoms with E-state index >= 15 is 0 Å². The van der Waals surface area contributed by atoms with Gasteiger partial charge in [0.1, 0.15) is 17.4 Å². The van der Waals surface area contributed by atoms with Gasteiger partial charge in [-0.25, -0.2) is 13.6 Å². The maximum Gasteiger partial charge on any atom is 0.404 e. The van der Waals surface area contributed by atoms with Crippen molar-refractivity contribution in [2.24, 2.45) is 5.41 Å². The van der Waals surface area contributed by atoms with Crippen LogP contribution >= 0.6 is 0 Å². The first-order chi connectivity index (χ1) is 15.5. The number of benzene rings is 2. The number of fused-ring (bicyclic) bond motifs is 1. The Morgan fingerprint density at radius 1 is 1.15 bits per heavy atom. The van der Waals surface area contributed by atoms with Gasteiger partial charge in [0.05, 0.1) is 18.8 Å². The Bertz CT molecular complexity index is 957. The maximum absolute atomic E-state index is 13.5. The first-order valence-corrected chi connectivity index (χ1v) is 11.1. The molecule has 1 aliphatic heterocycles. The van der Waals surface area contributed by atoms with E-state index in [1.54, 1.807) is 0 Å². The predicted octanol–water partition coefficient (Wildman–Crippen LogP) is 4.21. The van der Waals surface area contributed by atoms with E-state index in [1.165, 1.54) is 5.56 Å². The lowest BCUT2D eigenvalue weighted by molar-refractivity contribution is 0.112. The summed E-state index contributed by atoms with van der Waals surface area (Å²) in [5.74, 6) is -0.713. The van der Waals surface area contributed by atoms with Gasteiger partial charge in [0.2, 0.25) is 0 Å². The normalized spacial score (nSPS) is 17.6. The second-order valence-electron chi connectivity index (χ2n) is 9.81. The van der Waals surface area contributed by atoms with Crippen molar-refractivity contribution < 1.29 is 28.5 Å². The quantitative estimate of drug-likeness (QED) is 0.472. The summed E-state index contributed by atoms with van der Waals surface area (Å²) >= 11 is 0. The molecule has 3 atom stereocenters. The van der Waals surface area contributed by atoms with Crippen LogP contribution < -0.4 is 15.4 Å². The highest BCUT2D eigenvalue weighted by Gasteiger charge is 2.26. The predicted molar refractivity (Wildman–Crippen MR) is 121 cm³/mol. The van der Waals surface area contributed by atoms with E-state index < -0.39 is 29.9 Å². The molecular formula is C25H32F2N2O4. The molecule has 2 aromatic carbocycles. The molecule has 0 fully saturated rings. The van der Waals surface area contributed by atoms with Gasteiger partial charge in [-0.15, -0.1) is 0 Å². The second kappa shape index (κ2) is 10.5. The fourth-order valence-corrected chi connectivity index (χ4v) is 4.21. The largest absolute Gasteiger partial charge is 0.493 e. The minimum Gasteiger partial charge on any atom is -0.493 e. The van der Waals surface area contributed by atoms with E-state index in [0.29, 0.717) is 13.0 Å². The highest BCUT2D eigenvalue weighted by atomic mass is 19.1. The summed E-state index contributed by atoms with van der Waals surface area (Å²) in [6.45, 7) is 7.15. The Morgan fingerprint density at radius 3 is 2.48 bits per heavy atom. The minimum absolute atomic E-state index is 0.0517. The Kier molecular flexibility index (Phi) is 7.92. The molecule has 2 aromatic rings. The number of aliphatic hydroxyl groups is 1. The van der Waals surface area contributed by atoms with Crippen LogP contribution in [0.3, 0.4) is 0 Å². The molecule has 0 aromatic heterocycles. The van der Waals surface area contributed by atoms with Crippen LogP contribution in [-0.4, -0.2) is 41.6 Å². The molecule has 0 saturated carbocycles. The number of hydrogen-bond acceptors (Lipinski definition) is 4.